The van der Waals surface area contributed by atoms with E-state index in [0.29, 0.717) is 5.41 Å². The van der Waals surface area contributed by atoms with Crippen LogP contribution in [0.3, 0.4) is 0 Å². The van der Waals surface area contributed by atoms with Crippen LogP contribution in [0.4, 0.5) is 4.79 Å². The number of hydrogen-bond acceptors (Lipinski definition) is 2. The zero-order chi connectivity index (χ0) is 13.0. The van der Waals surface area contributed by atoms with Crippen LogP contribution in [0.25, 0.3) is 0 Å². The Morgan fingerprint density at radius 3 is 2.67 bits per heavy atom. The Morgan fingerprint density at radius 2 is 2.06 bits per heavy atom. The molecule has 18 heavy (non-hydrogen) atoms. The highest BCUT2D eigenvalue weighted by Crippen LogP contribution is 2.47. The summed E-state index contributed by atoms with van der Waals surface area (Å²) in [6.07, 6.45) is 7.98. The van der Waals surface area contributed by atoms with Crippen LogP contribution < -0.4 is 10.6 Å². The fourth-order valence-corrected chi connectivity index (χ4v) is 2.94. The molecule has 0 aliphatic heterocycles. The van der Waals surface area contributed by atoms with Crippen molar-refractivity contribution < 1.29 is 9.90 Å². The molecule has 0 heterocycles. The molecule has 0 bridgehead atoms. The molecule has 2 aliphatic carbocycles. The van der Waals surface area contributed by atoms with Crippen molar-refractivity contribution in [3.63, 3.8) is 0 Å². The molecular weight excluding hydrogens is 228 g/mol. The number of nitrogens with one attached hydrogen (secondary N) is 2. The molecule has 0 aromatic heterocycles. The van der Waals surface area contributed by atoms with E-state index in [0.717, 1.165) is 32.2 Å². The Morgan fingerprint density at radius 1 is 1.33 bits per heavy atom. The van der Waals surface area contributed by atoms with Gasteiger partial charge in [-0.05, 0) is 37.5 Å². The first kappa shape index (κ1) is 13.7. The molecule has 2 unspecified atom stereocenters. The van der Waals surface area contributed by atoms with Gasteiger partial charge in [-0.1, -0.05) is 19.8 Å². The molecule has 4 nitrogen and oxygen atoms in total. The minimum absolute atomic E-state index is 0.0555. The minimum atomic E-state index is -0.0555. The van der Waals surface area contributed by atoms with E-state index in [4.69, 9.17) is 0 Å². The number of aliphatic hydroxyl groups is 1. The van der Waals surface area contributed by atoms with Crippen molar-refractivity contribution in [2.75, 3.05) is 13.2 Å². The van der Waals surface area contributed by atoms with E-state index in [2.05, 4.69) is 17.6 Å². The molecule has 0 radical (unpaired) electrons. The molecule has 2 saturated carbocycles. The summed E-state index contributed by atoms with van der Waals surface area (Å²) in [6, 6.07) is 0.0978. The fourth-order valence-electron chi connectivity index (χ4n) is 2.94. The van der Waals surface area contributed by atoms with Crippen LogP contribution in [-0.4, -0.2) is 30.3 Å². The first-order valence-corrected chi connectivity index (χ1v) is 7.34. The Bertz CT molecular complexity index is 290. The highest BCUT2D eigenvalue weighted by molar-refractivity contribution is 5.74. The third-order valence-corrected chi connectivity index (χ3v) is 4.79. The van der Waals surface area contributed by atoms with Crippen molar-refractivity contribution in [1.29, 1.82) is 0 Å². The summed E-state index contributed by atoms with van der Waals surface area (Å²) in [6.45, 7) is 3.17. The molecular formula is C14H26N2O2. The van der Waals surface area contributed by atoms with Gasteiger partial charge in [0.25, 0.3) is 0 Å². The van der Waals surface area contributed by atoms with Crippen LogP contribution in [0.2, 0.25) is 0 Å². The SMILES string of the molecule is CCC1(CNC(=O)NC2CCCCC2CO)CC1. The molecule has 2 amide bonds. The van der Waals surface area contributed by atoms with Crippen LogP contribution in [0.5, 0.6) is 0 Å². The lowest BCUT2D eigenvalue weighted by atomic mass is 9.85. The third-order valence-electron chi connectivity index (χ3n) is 4.79. The molecule has 104 valence electrons. The van der Waals surface area contributed by atoms with Crippen molar-refractivity contribution >= 4 is 6.03 Å². The van der Waals surface area contributed by atoms with Gasteiger partial charge in [0.2, 0.25) is 0 Å². The van der Waals surface area contributed by atoms with Crippen LogP contribution in [0.1, 0.15) is 51.9 Å². The second-order valence-corrected chi connectivity index (χ2v) is 6.01. The van der Waals surface area contributed by atoms with Crippen LogP contribution in [0, 0.1) is 11.3 Å². The average Bonchev–Trinajstić information content (AvgIpc) is 3.18. The summed E-state index contributed by atoms with van der Waals surface area (Å²) in [5.41, 5.74) is 0.389. The van der Waals surface area contributed by atoms with Gasteiger partial charge in [0.05, 0.1) is 0 Å². The van der Waals surface area contributed by atoms with E-state index in [1.165, 1.54) is 19.3 Å². The molecule has 2 fully saturated rings. The van der Waals surface area contributed by atoms with Crippen molar-refractivity contribution in [3.8, 4) is 0 Å². The summed E-state index contributed by atoms with van der Waals surface area (Å²) in [5, 5.41) is 15.3. The van der Waals surface area contributed by atoms with E-state index < -0.39 is 0 Å². The Labute approximate surface area is 110 Å². The molecule has 0 spiro atoms. The predicted octanol–water partition coefficient (Wildman–Crippen LogP) is 2.03. The number of rotatable bonds is 5. The summed E-state index contributed by atoms with van der Waals surface area (Å²) in [7, 11) is 0. The lowest BCUT2D eigenvalue weighted by Gasteiger charge is -2.31. The largest absolute Gasteiger partial charge is 0.396 e. The zero-order valence-electron chi connectivity index (χ0n) is 11.4. The molecule has 2 rings (SSSR count). The van der Waals surface area contributed by atoms with E-state index >= 15 is 0 Å². The van der Waals surface area contributed by atoms with E-state index in [9.17, 15) is 9.90 Å². The number of urea groups is 1. The van der Waals surface area contributed by atoms with E-state index in [1.807, 2.05) is 0 Å². The second kappa shape index (κ2) is 5.91. The molecule has 2 aliphatic rings. The summed E-state index contributed by atoms with van der Waals surface area (Å²) >= 11 is 0. The zero-order valence-corrected chi connectivity index (χ0v) is 11.4. The summed E-state index contributed by atoms with van der Waals surface area (Å²) < 4.78 is 0. The summed E-state index contributed by atoms with van der Waals surface area (Å²) in [5.74, 6) is 0.241. The van der Waals surface area contributed by atoms with Gasteiger partial charge >= 0.3 is 6.03 Å². The first-order chi connectivity index (χ1) is 8.69. The van der Waals surface area contributed by atoms with Gasteiger partial charge < -0.3 is 15.7 Å². The number of amides is 2. The third kappa shape index (κ3) is 3.37. The second-order valence-electron chi connectivity index (χ2n) is 6.01. The predicted molar refractivity (Wildman–Crippen MR) is 71.3 cm³/mol. The lowest BCUT2D eigenvalue weighted by molar-refractivity contribution is 0.153. The topological polar surface area (TPSA) is 61.4 Å². The number of hydrogen-bond donors (Lipinski definition) is 3. The molecule has 3 N–H and O–H groups in total. The van der Waals surface area contributed by atoms with E-state index in [-0.39, 0.29) is 24.6 Å². The average molecular weight is 254 g/mol. The Kier molecular flexibility index (Phi) is 4.49. The maximum absolute atomic E-state index is 11.9. The van der Waals surface area contributed by atoms with Gasteiger partial charge in [0.1, 0.15) is 0 Å². The first-order valence-electron chi connectivity index (χ1n) is 7.34. The van der Waals surface area contributed by atoms with E-state index in [1.54, 1.807) is 0 Å². The minimum Gasteiger partial charge on any atom is -0.396 e. The summed E-state index contributed by atoms with van der Waals surface area (Å²) in [4.78, 5) is 11.9. The number of carbonyl (C=O) groups is 1. The number of aliphatic hydroxyl groups excluding tert-OH is 1. The van der Waals surface area contributed by atoms with Crippen molar-refractivity contribution in [2.24, 2.45) is 11.3 Å². The highest BCUT2D eigenvalue weighted by atomic mass is 16.3. The smallest absolute Gasteiger partial charge is 0.315 e. The molecule has 0 aromatic rings. The maximum atomic E-state index is 11.9. The van der Waals surface area contributed by atoms with Crippen LogP contribution in [-0.2, 0) is 0 Å². The fraction of sp³-hybridized carbons (Fsp3) is 0.929. The normalized spacial score (nSPS) is 29.7. The lowest BCUT2D eigenvalue weighted by Crippen LogP contribution is -2.48. The van der Waals surface area contributed by atoms with Crippen molar-refractivity contribution in [3.05, 3.63) is 0 Å². The Balaban J connectivity index is 1.72. The standard InChI is InChI=1S/C14H26N2O2/c1-2-14(7-8-14)10-15-13(18)16-12-6-4-3-5-11(12)9-17/h11-12,17H,2-10H2,1H3,(H2,15,16,18). The maximum Gasteiger partial charge on any atom is 0.315 e. The highest BCUT2D eigenvalue weighted by Gasteiger charge is 2.40. The monoisotopic (exact) mass is 254 g/mol. The van der Waals surface area contributed by atoms with Gasteiger partial charge in [0, 0.05) is 25.1 Å². The molecule has 0 saturated heterocycles. The number of carbonyl (C=O) groups excluding carboxylic acids is 1. The molecule has 4 heteroatoms. The molecule has 0 aromatic carbocycles. The van der Waals surface area contributed by atoms with Gasteiger partial charge in [-0.25, -0.2) is 4.79 Å². The van der Waals surface area contributed by atoms with Gasteiger partial charge in [-0.2, -0.15) is 0 Å². The quantitative estimate of drug-likeness (QED) is 0.703. The van der Waals surface area contributed by atoms with Crippen molar-refractivity contribution in [2.45, 2.75) is 57.9 Å². The van der Waals surface area contributed by atoms with Gasteiger partial charge in [-0.3, -0.25) is 0 Å². The van der Waals surface area contributed by atoms with Gasteiger partial charge in [0.15, 0.2) is 0 Å². The van der Waals surface area contributed by atoms with Crippen LogP contribution in [0.15, 0.2) is 0 Å². The van der Waals surface area contributed by atoms with Gasteiger partial charge in [-0.15, -0.1) is 0 Å². The van der Waals surface area contributed by atoms with Crippen LogP contribution >= 0.6 is 0 Å². The van der Waals surface area contributed by atoms with Crippen molar-refractivity contribution in [1.82, 2.24) is 10.6 Å². The Hall–Kier alpha value is -0.770. The molecule has 2 atom stereocenters.